The number of benzene rings is 6. The van der Waals surface area contributed by atoms with Crippen molar-refractivity contribution < 1.29 is 71.6 Å². The van der Waals surface area contributed by atoms with E-state index >= 15 is 0 Å². The van der Waals surface area contributed by atoms with Crippen molar-refractivity contribution in [2.45, 2.75) is 95.7 Å². The number of rotatable bonds is 35. The van der Waals surface area contributed by atoms with Gasteiger partial charge in [-0.1, -0.05) is 91.0 Å². The van der Waals surface area contributed by atoms with E-state index in [-0.39, 0.29) is 103 Å². The van der Waals surface area contributed by atoms with Gasteiger partial charge in [0.25, 0.3) is 17.7 Å². The molecule has 3 atom stereocenters. The summed E-state index contributed by atoms with van der Waals surface area (Å²) in [6.45, 7) is 0.899. The van der Waals surface area contributed by atoms with E-state index in [0.29, 0.717) is 45.1 Å². The summed E-state index contributed by atoms with van der Waals surface area (Å²) >= 11 is 0. The van der Waals surface area contributed by atoms with Crippen LogP contribution in [0, 0.1) is 0 Å². The lowest BCUT2D eigenvalue weighted by Crippen LogP contribution is -2.44. The number of anilines is 3. The minimum atomic E-state index is -1.25. The molecule has 25 nitrogen and oxygen atoms in total. The molecule has 12 N–H and O–H groups in total. The van der Waals surface area contributed by atoms with Gasteiger partial charge in [-0.2, -0.15) is 0 Å². The second-order valence-corrected chi connectivity index (χ2v) is 20.7. The second-order valence-electron chi connectivity index (χ2n) is 20.7. The predicted octanol–water partition coefficient (Wildman–Crippen LogP) is 7.84. The van der Waals surface area contributed by atoms with Crippen LogP contribution in [0.4, 0.5) is 31.4 Å². The van der Waals surface area contributed by atoms with Gasteiger partial charge in [0.2, 0.25) is 17.7 Å². The first-order valence-electron chi connectivity index (χ1n) is 29.5. The van der Waals surface area contributed by atoms with Crippen molar-refractivity contribution in [1.82, 2.24) is 26.6 Å². The molecule has 25 heteroatoms. The normalized spacial score (nSPS) is 11.6. The van der Waals surface area contributed by atoms with E-state index in [1.54, 1.807) is 0 Å². The van der Waals surface area contributed by atoms with Crippen LogP contribution in [-0.4, -0.2) is 113 Å². The summed E-state index contributed by atoms with van der Waals surface area (Å²) in [6, 6.07) is 37.0. The quantitative estimate of drug-likeness (QED) is 0.0134. The molecule has 0 aliphatic heterocycles. The molecule has 0 spiro atoms. The Morgan fingerprint density at radius 1 is 0.396 bits per heavy atom. The zero-order valence-corrected chi connectivity index (χ0v) is 51.0. The van der Waals surface area contributed by atoms with Crippen LogP contribution in [0.25, 0.3) is 0 Å². The molecule has 0 saturated carbocycles. The molecule has 6 aromatic carbocycles. The van der Waals surface area contributed by atoms with Gasteiger partial charge in [-0.3, -0.25) is 28.8 Å². The first kappa shape index (κ1) is 69.4. The van der Waals surface area contributed by atoms with Gasteiger partial charge < -0.3 is 82.4 Å². The van der Waals surface area contributed by atoms with Crippen molar-refractivity contribution in [2.24, 2.45) is 11.5 Å². The largest absolute Gasteiger partial charge is 0.496 e. The van der Waals surface area contributed by atoms with E-state index in [9.17, 15) is 43.2 Å². The Morgan fingerprint density at radius 2 is 0.714 bits per heavy atom. The number of primary amides is 1. The Balaban J connectivity index is 1.13. The molecule has 0 unspecified atom stereocenters. The third kappa shape index (κ3) is 23.7. The third-order valence-corrected chi connectivity index (χ3v) is 14.0. The number of hydrogen-bond donors (Lipinski definition) is 10. The van der Waals surface area contributed by atoms with E-state index < -0.39 is 71.8 Å². The number of carbonyl (C=O) groups is 9. The maximum Gasteiger partial charge on any atom is 0.407 e. The molecular weight excluding hydrogens is 1170 g/mol. The molecule has 0 bridgehead atoms. The number of amides is 9. The summed E-state index contributed by atoms with van der Waals surface area (Å²) in [7, 11) is 4.03. The van der Waals surface area contributed by atoms with E-state index in [1.807, 2.05) is 91.0 Å². The third-order valence-electron chi connectivity index (χ3n) is 14.0. The number of carbonyl (C=O) groups excluding carboxylic acids is 9. The summed E-state index contributed by atoms with van der Waals surface area (Å²) in [6.07, 6.45) is 0.878. The number of nitrogens with one attached hydrogen (secondary N) is 8. The lowest BCUT2D eigenvalue weighted by atomic mass is 10.1. The number of ether oxygens (including phenoxy) is 6. The van der Waals surface area contributed by atoms with Crippen molar-refractivity contribution in [1.29, 1.82) is 0 Å². The van der Waals surface area contributed by atoms with Crippen LogP contribution in [0.5, 0.6) is 17.2 Å². The van der Waals surface area contributed by atoms with Crippen LogP contribution in [0.2, 0.25) is 0 Å². The van der Waals surface area contributed by atoms with Crippen molar-refractivity contribution >= 4 is 70.8 Å². The molecule has 9 amide bonds. The van der Waals surface area contributed by atoms with Gasteiger partial charge in [0.05, 0.1) is 44.1 Å². The van der Waals surface area contributed by atoms with Gasteiger partial charge >= 0.3 is 18.3 Å². The van der Waals surface area contributed by atoms with E-state index in [0.717, 1.165) is 16.7 Å². The highest BCUT2D eigenvalue weighted by atomic mass is 16.6. The Kier molecular flexibility index (Phi) is 28.4. The van der Waals surface area contributed by atoms with Crippen LogP contribution in [0.1, 0.15) is 106 Å². The average Bonchev–Trinajstić information content (AvgIpc) is 1.19. The molecule has 0 fully saturated rings. The standard InChI is InChI=1S/C66H78N10O15/c1-86-55-31-28-46(37-49(55)58(68)77)73-62(81)53(26-14-17-35-70-65(84)90-41-44-21-9-5-10-22-44)75-60(79)51-39-48(30-33-57(51)88-3)74-63(82)54(27-15-18-36-71-66(85)91-42-45-23-11-6-12-24-45)76-59(78)50-38-47(29-32-56(50)87-2)72-61(80)52(67)25-13-16-34-69-64(83)89-40-43-19-7-4-8-20-43/h4-12,19-24,28-33,37-39,52-54H,13-18,25-27,34-36,40-42,67H2,1-3H3,(H2,68,77)(H,69,83)(H,70,84)(H,71,85)(H,72,80)(H,73,81)(H,74,82)(H,75,79)(H,76,78)/t52-,53-,54-/m0/s1. The molecule has 0 radical (unpaired) electrons. The second kappa shape index (κ2) is 37.2. The molecule has 0 heterocycles. The zero-order valence-electron chi connectivity index (χ0n) is 51.0. The van der Waals surface area contributed by atoms with Gasteiger partial charge in [-0.25, -0.2) is 14.4 Å². The van der Waals surface area contributed by atoms with Gasteiger partial charge in [0, 0.05) is 36.7 Å². The van der Waals surface area contributed by atoms with Crippen molar-refractivity contribution in [3.8, 4) is 17.2 Å². The maximum absolute atomic E-state index is 14.5. The van der Waals surface area contributed by atoms with E-state index in [2.05, 4.69) is 42.5 Å². The summed E-state index contributed by atoms with van der Waals surface area (Å²) in [5.74, 6) is -3.91. The minimum absolute atomic E-state index is 0.00261. The Morgan fingerprint density at radius 3 is 1.05 bits per heavy atom. The maximum atomic E-state index is 14.5. The van der Waals surface area contributed by atoms with Gasteiger partial charge in [-0.15, -0.1) is 0 Å². The van der Waals surface area contributed by atoms with Crippen molar-refractivity contribution in [2.75, 3.05) is 56.9 Å². The fourth-order valence-corrected chi connectivity index (χ4v) is 9.07. The van der Waals surface area contributed by atoms with Gasteiger partial charge in [-0.05, 0) is 129 Å². The van der Waals surface area contributed by atoms with Crippen LogP contribution in [0.3, 0.4) is 0 Å². The molecule has 0 aliphatic carbocycles. The molecule has 91 heavy (non-hydrogen) atoms. The lowest BCUT2D eigenvalue weighted by molar-refractivity contribution is -0.118. The number of alkyl carbamates (subject to hydrolysis) is 3. The van der Waals surface area contributed by atoms with E-state index in [4.69, 9.17) is 39.9 Å². The fourth-order valence-electron chi connectivity index (χ4n) is 9.07. The van der Waals surface area contributed by atoms with Crippen molar-refractivity contribution in [3.05, 3.63) is 179 Å². The lowest BCUT2D eigenvalue weighted by Gasteiger charge is -2.21. The molecular formula is C66H78N10O15. The van der Waals surface area contributed by atoms with Crippen LogP contribution in [-0.2, 0) is 48.4 Å². The smallest absolute Gasteiger partial charge is 0.407 e. The first-order chi connectivity index (χ1) is 44.0. The number of nitrogens with two attached hydrogens (primary N) is 2. The number of methoxy groups -OCH3 is 3. The van der Waals surface area contributed by atoms with Gasteiger partial charge in [0.15, 0.2) is 0 Å². The highest BCUT2D eigenvalue weighted by Gasteiger charge is 2.28. The summed E-state index contributed by atoms with van der Waals surface area (Å²) in [5, 5.41) is 21.9. The van der Waals surface area contributed by atoms with Crippen molar-refractivity contribution in [3.63, 3.8) is 0 Å². The summed E-state index contributed by atoms with van der Waals surface area (Å²) in [5.41, 5.74) is 14.6. The first-order valence-corrected chi connectivity index (χ1v) is 29.5. The highest BCUT2D eigenvalue weighted by Crippen LogP contribution is 2.27. The number of hydrogen-bond acceptors (Lipinski definition) is 16. The Bertz CT molecular complexity index is 3400. The average molecular weight is 1250 g/mol. The summed E-state index contributed by atoms with van der Waals surface area (Å²) < 4.78 is 32.2. The molecule has 0 saturated heterocycles. The Labute approximate surface area is 527 Å². The van der Waals surface area contributed by atoms with Crippen LogP contribution in [0.15, 0.2) is 146 Å². The molecule has 482 valence electrons. The predicted molar refractivity (Wildman–Crippen MR) is 339 cm³/mol. The highest BCUT2D eigenvalue weighted by molar-refractivity contribution is 6.06. The zero-order chi connectivity index (χ0) is 65.3. The number of unbranched alkanes of at least 4 members (excludes halogenated alkanes) is 3. The molecule has 0 aromatic heterocycles. The fraction of sp³-hybridized carbons (Fsp3) is 0.318. The monoisotopic (exact) mass is 1250 g/mol. The topological polar surface area (TPSA) is 357 Å². The minimum Gasteiger partial charge on any atom is -0.496 e. The molecule has 0 aliphatic rings. The molecule has 6 rings (SSSR count). The summed E-state index contributed by atoms with van der Waals surface area (Å²) in [4.78, 5) is 120. The SMILES string of the molecule is COc1ccc(NC(=O)[C@H](CCCCNC(=O)OCc2ccccc2)NC(=O)c2cc(NC(=O)[C@H](CCCCNC(=O)OCc3ccccc3)NC(=O)c3cc(NC(=O)[C@@H](N)CCCCNC(=O)OCc4ccccc4)ccc3OC)ccc2OC)cc1C(N)=O. The Hall–Kier alpha value is -10.7. The van der Waals surface area contributed by atoms with Crippen LogP contribution < -0.4 is 68.2 Å². The molecule has 6 aromatic rings. The van der Waals surface area contributed by atoms with E-state index in [1.165, 1.54) is 75.9 Å². The van der Waals surface area contributed by atoms with Gasteiger partial charge in [0.1, 0.15) is 49.2 Å². The van der Waals surface area contributed by atoms with Crippen LogP contribution >= 0.6 is 0 Å².